The van der Waals surface area contributed by atoms with Crippen LogP contribution in [0.5, 0.6) is 0 Å². The van der Waals surface area contributed by atoms with Crippen LogP contribution in [0, 0.1) is 0 Å². The number of benzene rings is 1. The van der Waals surface area contributed by atoms with Gasteiger partial charge in [-0.3, -0.25) is 4.79 Å². The molecule has 0 fully saturated rings. The number of amides is 1. The van der Waals surface area contributed by atoms with E-state index >= 15 is 0 Å². The van der Waals surface area contributed by atoms with Crippen molar-refractivity contribution in [3.63, 3.8) is 0 Å². The van der Waals surface area contributed by atoms with Crippen LogP contribution in [0.15, 0.2) is 24.3 Å². The number of hydrogen-bond donors (Lipinski definition) is 1. The van der Waals surface area contributed by atoms with Gasteiger partial charge in [-0.1, -0.05) is 45.0 Å². The van der Waals surface area contributed by atoms with Gasteiger partial charge in [-0.2, -0.15) is 0 Å². The van der Waals surface area contributed by atoms with E-state index in [1.54, 1.807) is 20.8 Å². The highest BCUT2D eigenvalue weighted by Crippen LogP contribution is 2.22. The fourth-order valence-corrected chi connectivity index (χ4v) is 1.92. The number of alkyl carbamates (subject to hydrolysis) is 1. The van der Waals surface area contributed by atoms with Crippen molar-refractivity contribution in [2.24, 2.45) is 0 Å². The van der Waals surface area contributed by atoms with Gasteiger partial charge in [0.25, 0.3) is 0 Å². The smallest absolute Gasteiger partial charge is 0.407 e. The maximum atomic E-state index is 11.7. The Morgan fingerprint density at radius 1 is 1.00 bits per heavy atom. The molecule has 1 rings (SSSR count). The molecule has 0 spiro atoms. The fourth-order valence-electron chi connectivity index (χ4n) is 1.92. The second-order valence-electron chi connectivity index (χ2n) is 7.79. The van der Waals surface area contributed by atoms with E-state index in [0.29, 0.717) is 0 Å². The van der Waals surface area contributed by atoms with Crippen LogP contribution in [0.3, 0.4) is 0 Å². The Bertz CT molecular complexity index is 550. The quantitative estimate of drug-likeness (QED) is 0.828. The zero-order chi connectivity index (χ0) is 18.4. The van der Waals surface area contributed by atoms with E-state index in [9.17, 15) is 9.59 Å². The fraction of sp³-hybridized carbons (Fsp3) is 0.579. The molecule has 0 aliphatic carbocycles. The first-order chi connectivity index (χ1) is 11.0. The molecular formula is C19H29NO4. The van der Waals surface area contributed by atoms with Crippen molar-refractivity contribution in [1.82, 2.24) is 5.32 Å². The Morgan fingerprint density at radius 2 is 1.58 bits per heavy atom. The lowest BCUT2D eigenvalue weighted by Crippen LogP contribution is -2.33. The molecule has 0 aromatic heterocycles. The highest BCUT2D eigenvalue weighted by atomic mass is 16.6. The summed E-state index contributed by atoms with van der Waals surface area (Å²) in [5.74, 6) is -0.356. The molecule has 1 aromatic carbocycles. The molecule has 0 aliphatic heterocycles. The molecule has 5 heteroatoms. The summed E-state index contributed by atoms with van der Waals surface area (Å²) in [5.41, 5.74) is 1.72. The lowest BCUT2D eigenvalue weighted by molar-refractivity contribution is -0.144. The first kappa shape index (κ1) is 20.0. The van der Waals surface area contributed by atoms with Crippen LogP contribution < -0.4 is 5.32 Å². The van der Waals surface area contributed by atoms with Crippen molar-refractivity contribution in [3.8, 4) is 0 Å². The van der Waals surface area contributed by atoms with Crippen LogP contribution in [0.4, 0.5) is 4.79 Å². The Labute approximate surface area is 144 Å². The van der Waals surface area contributed by atoms with Crippen LogP contribution in [0.1, 0.15) is 59.1 Å². The molecule has 1 amide bonds. The van der Waals surface area contributed by atoms with Crippen LogP contribution >= 0.6 is 0 Å². The SMILES string of the molecule is CC(C)(C)OC(=O)NCCC(=O)OCc1ccc(C(C)(C)C)cc1. The van der Waals surface area contributed by atoms with Crippen molar-refractivity contribution in [3.05, 3.63) is 35.4 Å². The standard InChI is InChI=1S/C19H29NO4/c1-18(2,3)15-9-7-14(8-10-15)13-23-16(21)11-12-20-17(22)24-19(4,5)6/h7-10H,11-13H2,1-6H3,(H,20,22). The zero-order valence-electron chi connectivity index (χ0n) is 15.6. The lowest BCUT2D eigenvalue weighted by Gasteiger charge is -2.19. The predicted molar refractivity (Wildman–Crippen MR) is 93.8 cm³/mol. The molecule has 0 unspecified atom stereocenters. The molecule has 134 valence electrons. The highest BCUT2D eigenvalue weighted by Gasteiger charge is 2.16. The Morgan fingerprint density at radius 3 is 2.08 bits per heavy atom. The number of carbonyl (C=O) groups excluding carboxylic acids is 2. The van der Waals surface area contributed by atoms with Gasteiger partial charge in [0, 0.05) is 6.54 Å². The number of carbonyl (C=O) groups is 2. The third kappa shape index (κ3) is 7.99. The van der Waals surface area contributed by atoms with Crippen LogP contribution in [-0.2, 0) is 26.3 Å². The molecular weight excluding hydrogens is 306 g/mol. The largest absolute Gasteiger partial charge is 0.461 e. The molecule has 24 heavy (non-hydrogen) atoms. The van der Waals surface area contributed by atoms with E-state index in [4.69, 9.17) is 9.47 Å². The summed E-state index contributed by atoms with van der Waals surface area (Å²) in [6.45, 7) is 12.2. The minimum Gasteiger partial charge on any atom is -0.461 e. The summed E-state index contributed by atoms with van der Waals surface area (Å²) in [5, 5.41) is 2.53. The Balaban J connectivity index is 2.30. The number of ether oxygens (including phenoxy) is 2. The molecule has 0 atom stereocenters. The molecule has 1 N–H and O–H groups in total. The molecule has 0 radical (unpaired) electrons. The van der Waals surface area contributed by atoms with Crippen LogP contribution in [0.2, 0.25) is 0 Å². The van der Waals surface area contributed by atoms with Crippen molar-refractivity contribution < 1.29 is 19.1 Å². The van der Waals surface area contributed by atoms with Gasteiger partial charge in [-0.15, -0.1) is 0 Å². The second kappa shape index (κ2) is 8.18. The minimum atomic E-state index is -0.552. The van der Waals surface area contributed by atoms with Crippen LogP contribution in [-0.4, -0.2) is 24.2 Å². The lowest BCUT2D eigenvalue weighted by atomic mass is 9.87. The maximum absolute atomic E-state index is 11.7. The van der Waals surface area contributed by atoms with Crippen molar-refractivity contribution in [2.45, 2.75) is 65.6 Å². The predicted octanol–water partition coefficient (Wildman–Crippen LogP) is 3.94. The third-order valence-electron chi connectivity index (χ3n) is 3.22. The summed E-state index contributed by atoms with van der Waals surface area (Å²) in [7, 11) is 0. The van der Waals surface area contributed by atoms with E-state index in [2.05, 4.69) is 26.1 Å². The molecule has 0 saturated carbocycles. The Kier molecular flexibility index (Phi) is 6.81. The number of hydrogen-bond acceptors (Lipinski definition) is 4. The van der Waals surface area contributed by atoms with Gasteiger partial charge in [0.15, 0.2) is 0 Å². The maximum Gasteiger partial charge on any atom is 0.407 e. The summed E-state index contributed by atoms with van der Waals surface area (Å²) in [4.78, 5) is 23.1. The summed E-state index contributed by atoms with van der Waals surface area (Å²) in [6, 6.07) is 8.03. The van der Waals surface area contributed by atoms with Gasteiger partial charge in [-0.05, 0) is 37.3 Å². The van der Waals surface area contributed by atoms with Crippen LogP contribution in [0.25, 0.3) is 0 Å². The van der Waals surface area contributed by atoms with Gasteiger partial charge in [0.05, 0.1) is 6.42 Å². The van der Waals surface area contributed by atoms with Gasteiger partial charge in [0.2, 0.25) is 0 Å². The minimum absolute atomic E-state index is 0.0997. The average Bonchev–Trinajstić information content (AvgIpc) is 2.42. The number of rotatable bonds is 5. The van der Waals surface area contributed by atoms with E-state index in [1.165, 1.54) is 5.56 Å². The molecule has 0 aliphatic rings. The topological polar surface area (TPSA) is 64.6 Å². The summed E-state index contributed by atoms with van der Waals surface area (Å²) < 4.78 is 10.3. The first-order valence-corrected chi connectivity index (χ1v) is 8.19. The van der Waals surface area contributed by atoms with Gasteiger partial charge < -0.3 is 14.8 Å². The van der Waals surface area contributed by atoms with E-state index in [-0.39, 0.29) is 31.0 Å². The Hall–Kier alpha value is -2.04. The second-order valence-corrected chi connectivity index (χ2v) is 7.79. The van der Waals surface area contributed by atoms with Gasteiger partial charge >= 0.3 is 12.1 Å². The normalized spacial score (nSPS) is 11.8. The van der Waals surface area contributed by atoms with Crippen molar-refractivity contribution >= 4 is 12.1 Å². The van der Waals surface area contributed by atoms with E-state index in [1.807, 2.05) is 24.3 Å². The molecule has 0 bridgehead atoms. The summed E-state index contributed by atoms with van der Waals surface area (Å²) in [6.07, 6.45) is -0.424. The number of esters is 1. The molecule has 1 aromatic rings. The van der Waals surface area contributed by atoms with Crippen molar-refractivity contribution in [2.75, 3.05) is 6.54 Å². The van der Waals surface area contributed by atoms with Gasteiger partial charge in [0.1, 0.15) is 12.2 Å². The molecule has 5 nitrogen and oxygen atoms in total. The third-order valence-corrected chi connectivity index (χ3v) is 3.22. The number of nitrogens with one attached hydrogen (secondary N) is 1. The average molecular weight is 335 g/mol. The molecule has 0 heterocycles. The van der Waals surface area contributed by atoms with Crippen molar-refractivity contribution in [1.29, 1.82) is 0 Å². The van der Waals surface area contributed by atoms with E-state index in [0.717, 1.165) is 5.56 Å². The summed E-state index contributed by atoms with van der Waals surface area (Å²) >= 11 is 0. The van der Waals surface area contributed by atoms with E-state index < -0.39 is 11.7 Å². The first-order valence-electron chi connectivity index (χ1n) is 8.19. The molecule has 0 saturated heterocycles. The monoisotopic (exact) mass is 335 g/mol. The zero-order valence-corrected chi connectivity index (χ0v) is 15.6. The van der Waals surface area contributed by atoms with Gasteiger partial charge in [-0.25, -0.2) is 4.79 Å². The highest BCUT2D eigenvalue weighted by molar-refractivity contribution is 5.72.